The van der Waals surface area contributed by atoms with Crippen LogP contribution in [0.1, 0.15) is 38.3 Å². The minimum absolute atomic E-state index is 0.0238. The lowest BCUT2D eigenvalue weighted by Gasteiger charge is -2.28. The number of ether oxygens (including phenoxy) is 1. The first kappa shape index (κ1) is 20.2. The van der Waals surface area contributed by atoms with Gasteiger partial charge in [0.1, 0.15) is 24.3 Å². The number of anilines is 2. The third-order valence-electron chi connectivity index (χ3n) is 5.95. The first-order valence-corrected chi connectivity index (χ1v) is 10.6. The lowest BCUT2D eigenvalue weighted by molar-refractivity contribution is 0.0535. The summed E-state index contributed by atoms with van der Waals surface area (Å²) in [4.78, 5) is 18.7. The summed E-state index contributed by atoms with van der Waals surface area (Å²) in [5.41, 5.74) is 5.70. The lowest BCUT2D eigenvalue weighted by Crippen LogP contribution is -2.32. The molecule has 2 aliphatic heterocycles. The van der Waals surface area contributed by atoms with E-state index in [0.29, 0.717) is 23.7 Å². The second-order valence-electron chi connectivity index (χ2n) is 8.08. The standard InChI is InChI=1S/C25H21FN4O2/c26-22-12-20(4-2-17(22)13-27)28-24-6-3-18-14-30(10-8-23(18)29-24)9-7-16-1-5-21-19(11-16)15-32-25(21)31/h1-6,11-12H,7-10,14-15H2,(H,28,29). The molecule has 0 aliphatic carbocycles. The third kappa shape index (κ3) is 4.05. The highest BCUT2D eigenvalue weighted by atomic mass is 19.1. The van der Waals surface area contributed by atoms with E-state index in [1.54, 1.807) is 6.07 Å². The van der Waals surface area contributed by atoms with E-state index in [9.17, 15) is 9.18 Å². The van der Waals surface area contributed by atoms with Crippen molar-refractivity contribution in [1.29, 1.82) is 5.26 Å². The number of nitrogens with zero attached hydrogens (tertiary/aromatic N) is 3. The molecule has 2 aliphatic rings. The van der Waals surface area contributed by atoms with Crippen molar-refractivity contribution in [3.05, 3.63) is 87.9 Å². The zero-order valence-corrected chi connectivity index (χ0v) is 17.4. The molecule has 1 N–H and O–H groups in total. The average molecular weight is 428 g/mol. The van der Waals surface area contributed by atoms with E-state index in [-0.39, 0.29) is 11.5 Å². The molecular weight excluding hydrogens is 407 g/mol. The summed E-state index contributed by atoms with van der Waals surface area (Å²) in [6, 6.07) is 16.2. The van der Waals surface area contributed by atoms with Crippen molar-refractivity contribution < 1.29 is 13.9 Å². The van der Waals surface area contributed by atoms with E-state index >= 15 is 0 Å². The van der Waals surface area contributed by atoms with Crippen LogP contribution >= 0.6 is 0 Å². The van der Waals surface area contributed by atoms with Gasteiger partial charge < -0.3 is 10.1 Å². The van der Waals surface area contributed by atoms with Crippen molar-refractivity contribution in [1.82, 2.24) is 9.88 Å². The number of cyclic esters (lactones) is 1. The maximum Gasteiger partial charge on any atom is 0.338 e. The Morgan fingerprint density at radius 2 is 2.06 bits per heavy atom. The molecule has 3 heterocycles. The van der Waals surface area contributed by atoms with Gasteiger partial charge in [0.25, 0.3) is 0 Å². The van der Waals surface area contributed by atoms with Gasteiger partial charge in [-0.3, -0.25) is 4.90 Å². The van der Waals surface area contributed by atoms with Gasteiger partial charge in [-0.05, 0) is 47.9 Å². The highest BCUT2D eigenvalue weighted by Crippen LogP contribution is 2.24. The quantitative estimate of drug-likeness (QED) is 0.617. The van der Waals surface area contributed by atoms with Gasteiger partial charge >= 0.3 is 5.97 Å². The van der Waals surface area contributed by atoms with Crippen LogP contribution in [0.2, 0.25) is 0 Å². The van der Waals surface area contributed by atoms with Crippen LogP contribution in [0.15, 0.2) is 48.5 Å². The zero-order valence-electron chi connectivity index (χ0n) is 17.4. The molecule has 0 saturated carbocycles. The van der Waals surface area contributed by atoms with Gasteiger partial charge in [-0.15, -0.1) is 0 Å². The maximum absolute atomic E-state index is 13.8. The Morgan fingerprint density at radius 3 is 2.91 bits per heavy atom. The Hall–Kier alpha value is -3.76. The maximum atomic E-state index is 13.8. The molecule has 0 amide bonds. The van der Waals surface area contributed by atoms with E-state index in [4.69, 9.17) is 15.0 Å². The molecule has 0 saturated heterocycles. The molecule has 6 nitrogen and oxygen atoms in total. The highest BCUT2D eigenvalue weighted by Gasteiger charge is 2.22. The number of carbonyl (C=O) groups excluding carboxylic acids is 1. The molecule has 2 aromatic carbocycles. The van der Waals surface area contributed by atoms with E-state index in [2.05, 4.69) is 22.3 Å². The molecule has 0 radical (unpaired) electrons. The fourth-order valence-electron chi connectivity index (χ4n) is 4.20. The zero-order chi connectivity index (χ0) is 22.1. The normalized spacial score (nSPS) is 14.9. The number of nitriles is 1. The fourth-order valence-corrected chi connectivity index (χ4v) is 4.20. The number of esters is 1. The summed E-state index contributed by atoms with van der Waals surface area (Å²) in [5.74, 6) is -0.116. The van der Waals surface area contributed by atoms with Crippen LogP contribution in [0, 0.1) is 17.1 Å². The van der Waals surface area contributed by atoms with Crippen LogP contribution in [0.3, 0.4) is 0 Å². The van der Waals surface area contributed by atoms with E-state index < -0.39 is 5.82 Å². The van der Waals surface area contributed by atoms with Crippen molar-refractivity contribution in [2.45, 2.75) is 26.0 Å². The number of aromatic nitrogens is 1. The Morgan fingerprint density at radius 1 is 1.16 bits per heavy atom. The number of hydrogen-bond acceptors (Lipinski definition) is 6. The number of halogens is 1. The first-order valence-electron chi connectivity index (χ1n) is 10.6. The monoisotopic (exact) mass is 428 g/mol. The Kier molecular flexibility index (Phi) is 5.29. The molecule has 160 valence electrons. The Balaban J connectivity index is 1.21. The molecule has 0 bridgehead atoms. The van der Waals surface area contributed by atoms with Gasteiger partial charge in [0, 0.05) is 43.0 Å². The molecule has 3 aromatic rings. The van der Waals surface area contributed by atoms with Crippen LogP contribution in [-0.2, 0) is 30.7 Å². The van der Waals surface area contributed by atoms with Gasteiger partial charge in [0.2, 0.25) is 0 Å². The molecule has 32 heavy (non-hydrogen) atoms. The minimum Gasteiger partial charge on any atom is -0.457 e. The van der Waals surface area contributed by atoms with Crippen molar-refractivity contribution in [3.63, 3.8) is 0 Å². The number of carbonyl (C=O) groups is 1. The van der Waals surface area contributed by atoms with Gasteiger partial charge in [-0.25, -0.2) is 14.2 Å². The number of benzene rings is 2. The SMILES string of the molecule is N#Cc1ccc(Nc2ccc3c(n2)CCN(CCc2ccc4c(c2)COC4=O)C3)cc1F. The molecule has 0 fully saturated rings. The van der Waals surface area contributed by atoms with Gasteiger partial charge in [0.15, 0.2) is 0 Å². The topological polar surface area (TPSA) is 78.2 Å². The second-order valence-corrected chi connectivity index (χ2v) is 8.08. The molecule has 0 spiro atoms. The number of rotatable bonds is 5. The van der Waals surface area contributed by atoms with Crippen LogP contribution in [0.4, 0.5) is 15.9 Å². The molecule has 1 aromatic heterocycles. The smallest absolute Gasteiger partial charge is 0.338 e. The van der Waals surface area contributed by atoms with E-state index in [1.165, 1.54) is 23.3 Å². The molecule has 0 atom stereocenters. The van der Waals surface area contributed by atoms with Crippen molar-refractivity contribution in [3.8, 4) is 6.07 Å². The minimum atomic E-state index is -0.548. The summed E-state index contributed by atoms with van der Waals surface area (Å²) >= 11 is 0. The fraction of sp³-hybridized carbons (Fsp3) is 0.240. The summed E-state index contributed by atoms with van der Waals surface area (Å²) < 4.78 is 18.9. The predicted octanol–water partition coefficient (Wildman–Crippen LogP) is 4.11. The Bertz CT molecular complexity index is 1250. The van der Waals surface area contributed by atoms with Gasteiger partial charge in [-0.2, -0.15) is 5.26 Å². The predicted molar refractivity (Wildman–Crippen MR) is 117 cm³/mol. The molecule has 0 unspecified atom stereocenters. The van der Waals surface area contributed by atoms with Gasteiger partial charge in [-0.1, -0.05) is 18.2 Å². The van der Waals surface area contributed by atoms with Crippen LogP contribution < -0.4 is 5.32 Å². The summed E-state index contributed by atoms with van der Waals surface area (Å²) in [6.45, 7) is 3.05. The summed E-state index contributed by atoms with van der Waals surface area (Å²) in [5, 5.41) is 12.0. The van der Waals surface area contributed by atoms with Crippen molar-refractivity contribution >= 4 is 17.5 Å². The second kappa shape index (κ2) is 8.40. The van der Waals surface area contributed by atoms with Crippen LogP contribution in [-0.4, -0.2) is 28.9 Å². The number of fused-ring (bicyclic) bond motifs is 2. The molecular formula is C25H21FN4O2. The van der Waals surface area contributed by atoms with E-state index in [0.717, 1.165) is 43.7 Å². The summed E-state index contributed by atoms with van der Waals surface area (Å²) in [7, 11) is 0. The Labute approximate surface area is 185 Å². The average Bonchev–Trinajstić information content (AvgIpc) is 3.18. The van der Waals surface area contributed by atoms with Crippen molar-refractivity contribution in [2.24, 2.45) is 0 Å². The molecule has 7 heteroatoms. The highest BCUT2D eigenvalue weighted by molar-refractivity contribution is 5.93. The van der Waals surface area contributed by atoms with Gasteiger partial charge in [0.05, 0.1) is 11.1 Å². The third-order valence-corrected chi connectivity index (χ3v) is 5.95. The van der Waals surface area contributed by atoms with Crippen LogP contribution in [0.25, 0.3) is 0 Å². The number of pyridine rings is 1. The summed E-state index contributed by atoms with van der Waals surface area (Å²) in [6.07, 6.45) is 1.76. The number of hydrogen-bond donors (Lipinski definition) is 1. The lowest BCUT2D eigenvalue weighted by atomic mass is 10.0. The van der Waals surface area contributed by atoms with E-state index in [1.807, 2.05) is 24.3 Å². The first-order chi connectivity index (χ1) is 15.6. The largest absolute Gasteiger partial charge is 0.457 e. The van der Waals surface area contributed by atoms with Crippen molar-refractivity contribution in [2.75, 3.05) is 18.4 Å². The molecule has 5 rings (SSSR count). The number of nitrogens with one attached hydrogen (secondary N) is 1. The van der Waals surface area contributed by atoms with Crippen LogP contribution in [0.5, 0.6) is 0 Å².